The number of carbonyl (C=O) groups is 6. The fourth-order valence-corrected chi connectivity index (χ4v) is 8.10. The zero-order valence-electron chi connectivity index (χ0n) is 50.1. The second-order valence-corrected chi connectivity index (χ2v) is 19.8. The molecule has 0 fully saturated rings. The Morgan fingerprint density at radius 3 is 1.26 bits per heavy atom. The largest absolute Gasteiger partial charge is 0.382 e. The number of nitrogens with zero attached hydrogens (tertiary/aromatic N) is 6. The van der Waals surface area contributed by atoms with Crippen molar-refractivity contribution in [3.63, 3.8) is 0 Å². The lowest BCUT2D eigenvalue weighted by Crippen LogP contribution is -2.44. The summed E-state index contributed by atoms with van der Waals surface area (Å²) in [6.07, 6.45) is 3.98. The number of ether oxygens (including phenoxy) is 6. The second-order valence-electron chi connectivity index (χ2n) is 19.8. The van der Waals surface area contributed by atoms with Gasteiger partial charge in [-0.3, -0.25) is 48.7 Å². The summed E-state index contributed by atoms with van der Waals surface area (Å²) in [6, 6.07) is -2.20. The first-order chi connectivity index (χ1) is 41.3. The summed E-state index contributed by atoms with van der Waals surface area (Å²) in [5.74, 6) is -7.16. The quantitative estimate of drug-likeness (QED) is 0.0129. The third-order valence-corrected chi connectivity index (χ3v) is 12.5. The van der Waals surface area contributed by atoms with Crippen molar-refractivity contribution in [3.8, 4) is 0 Å². The van der Waals surface area contributed by atoms with Gasteiger partial charge in [0.15, 0.2) is 64.2 Å². The topological polar surface area (TPSA) is 581 Å². The molecule has 0 spiro atoms. The number of guanidine groups is 4. The van der Waals surface area contributed by atoms with Crippen LogP contribution in [0.25, 0.3) is 0 Å². The highest BCUT2D eigenvalue weighted by molar-refractivity contribution is 6.04. The Morgan fingerprint density at radius 1 is 0.419 bits per heavy atom. The zero-order valence-corrected chi connectivity index (χ0v) is 50.1. The van der Waals surface area contributed by atoms with Crippen LogP contribution in [0.2, 0.25) is 0 Å². The molecule has 2 unspecified atom stereocenters. The highest BCUT2D eigenvalue weighted by atomic mass is 16.5. The predicted molar refractivity (Wildman–Crippen MR) is 328 cm³/mol. The lowest BCUT2D eigenvalue weighted by Gasteiger charge is -2.22. The van der Waals surface area contributed by atoms with Crippen molar-refractivity contribution in [1.29, 1.82) is 0 Å². The van der Waals surface area contributed by atoms with Gasteiger partial charge in [-0.1, -0.05) is 0 Å². The molecule has 0 radical (unpaired) electrons. The number of hydrogen-bond donors (Lipinski definition) is 15. The number of nitrogen functional groups attached to an aromatic ring is 2. The number of unbranched alkanes of at least 4 members (excludes halogenated alkanes) is 1. The van der Waals surface area contributed by atoms with E-state index in [0.717, 1.165) is 12.8 Å². The first-order valence-electron chi connectivity index (χ1n) is 29.3. The summed E-state index contributed by atoms with van der Waals surface area (Å²) in [5, 5.41) is 8.32. The van der Waals surface area contributed by atoms with Crippen LogP contribution in [0.3, 0.4) is 0 Å². The first kappa shape index (κ1) is 76.9. The lowest BCUT2D eigenvalue weighted by molar-refractivity contribution is -0.130. The average Bonchev–Trinajstić information content (AvgIpc) is 3.35. The SMILES string of the molecule is NCCCOCCOCCOCCCCC(=O)C(CCCN=C(N)N)NC(=O)[C@H](CCCN=C(N)N)CC(=O)c1nc(N)c(C(=O)N[C@@H](CCCN=C(N)N)C(=O)CC(CCCN=C(N)N)C(=O)NCCCOCCOCCOCCCN)nc1N. The number of rotatable bonds is 55. The Hall–Kier alpha value is -7.14. The maximum atomic E-state index is 14.2. The molecule has 86 heavy (non-hydrogen) atoms. The molecule has 0 aromatic carbocycles. The second kappa shape index (κ2) is 49.0. The summed E-state index contributed by atoms with van der Waals surface area (Å²) in [5.41, 5.74) is 66.7. The minimum absolute atomic E-state index is 0.0141. The van der Waals surface area contributed by atoms with Gasteiger partial charge in [0.1, 0.15) is 0 Å². The molecule has 0 saturated heterocycles. The molecule has 4 atom stereocenters. The smallest absolute Gasteiger partial charge is 0.274 e. The van der Waals surface area contributed by atoms with E-state index in [0.29, 0.717) is 124 Å². The van der Waals surface area contributed by atoms with Gasteiger partial charge in [-0.25, -0.2) is 9.97 Å². The highest BCUT2D eigenvalue weighted by Crippen LogP contribution is 2.22. The number of aromatic nitrogens is 2. The standard InChI is InChI=1S/C53H101N21O12/c54-15-7-23-82-27-31-85-30-26-81-22-2-1-14-40(75)38(12-5-19-69-52(62)63)71-48(79)37(11-4-18-68-51(60)61)35-42(77)43-45(56)74-44(46(57)73-43)49(80)72-39(13-6-20-70-53(64)65)41(76)34-36(10-3-17-67-50(58)59)47(78)66-21-9-25-84-29-33-86-32-28-83-24-8-16-55/h36-39H,1-35,54-55H2,(H2,56,74)(H2,57,73)(H,66,78)(H,71,79)(H,72,80)(H4,58,59,67)(H4,60,61,68)(H4,62,63,69)(H4,64,65,70)/t36?,37-,38?,39+/m1/s1. The van der Waals surface area contributed by atoms with Gasteiger partial charge in [-0.15, -0.1) is 0 Å². The van der Waals surface area contributed by atoms with Crippen molar-refractivity contribution >= 4 is 70.5 Å². The van der Waals surface area contributed by atoms with E-state index in [4.69, 9.17) is 97.2 Å². The molecular formula is C53H101N21O12. The van der Waals surface area contributed by atoms with Gasteiger partial charge in [0.2, 0.25) is 11.8 Å². The van der Waals surface area contributed by atoms with Crippen LogP contribution in [0.1, 0.15) is 124 Å². The molecule has 3 amide bonds. The fourth-order valence-electron chi connectivity index (χ4n) is 8.10. The maximum absolute atomic E-state index is 14.2. The summed E-state index contributed by atoms with van der Waals surface area (Å²) in [4.78, 5) is 108. The van der Waals surface area contributed by atoms with Crippen molar-refractivity contribution in [2.75, 3.05) is 137 Å². The van der Waals surface area contributed by atoms with Crippen LogP contribution in [0.15, 0.2) is 20.0 Å². The number of nitrogens with one attached hydrogen (secondary N) is 3. The summed E-state index contributed by atoms with van der Waals surface area (Å²) < 4.78 is 33.1. The van der Waals surface area contributed by atoms with E-state index in [1.807, 2.05) is 0 Å². The minimum Gasteiger partial charge on any atom is -0.382 e. The van der Waals surface area contributed by atoms with Crippen LogP contribution in [-0.4, -0.2) is 206 Å². The van der Waals surface area contributed by atoms with Crippen LogP contribution in [0.5, 0.6) is 0 Å². The van der Waals surface area contributed by atoms with Gasteiger partial charge >= 0.3 is 0 Å². The summed E-state index contributed by atoms with van der Waals surface area (Å²) >= 11 is 0. The molecule has 0 aliphatic carbocycles. The van der Waals surface area contributed by atoms with E-state index in [-0.39, 0.29) is 114 Å². The number of hydrogen-bond acceptors (Lipinski definition) is 22. The van der Waals surface area contributed by atoms with E-state index in [9.17, 15) is 28.8 Å². The lowest BCUT2D eigenvalue weighted by atomic mass is 9.91. The van der Waals surface area contributed by atoms with Crippen LogP contribution >= 0.6 is 0 Å². The Bertz CT molecular complexity index is 2080. The van der Waals surface area contributed by atoms with Gasteiger partial charge in [-0.05, 0) is 96.6 Å². The van der Waals surface area contributed by atoms with E-state index in [2.05, 4.69) is 45.9 Å². The molecule has 0 saturated carbocycles. The molecule has 1 rings (SSSR count). The first-order valence-corrected chi connectivity index (χ1v) is 29.3. The number of nitrogens with two attached hydrogens (primary N) is 12. The van der Waals surface area contributed by atoms with Crippen molar-refractivity contribution in [2.24, 2.45) is 89.1 Å². The van der Waals surface area contributed by atoms with Gasteiger partial charge in [0.25, 0.3) is 5.91 Å². The third-order valence-electron chi connectivity index (χ3n) is 12.5. The number of amides is 3. The summed E-state index contributed by atoms with van der Waals surface area (Å²) in [6.45, 7) is 7.02. The van der Waals surface area contributed by atoms with Crippen molar-refractivity contribution in [2.45, 2.75) is 115 Å². The minimum atomic E-state index is -1.23. The molecule has 1 aromatic heterocycles. The van der Waals surface area contributed by atoms with Crippen molar-refractivity contribution in [1.82, 2.24) is 25.9 Å². The van der Waals surface area contributed by atoms with Crippen LogP contribution in [0, 0.1) is 11.8 Å². The Morgan fingerprint density at radius 2 is 0.802 bits per heavy atom. The van der Waals surface area contributed by atoms with E-state index >= 15 is 0 Å². The predicted octanol–water partition coefficient (Wildman–Crippen LogP) is -3.75. The van der Waals surface area contributed by atoms with Crippen LogP contribution in [-0.2, 0) is 47.6 Å². The molecule has 490 valence electrons. The number of carbonyl (C=O) groups excluding carboxylic acids is 6. The molecular weight excluding hydrogens is 1120 g/mol. The van der Waals surface area contributed by atoms with E-state index < -0.39 is 82.7 Å². The molecule has 27 N–H and O–H groups in total. The molecule has 1 heterocycles. The number of aliphatic imine (C=N–C) groups is 4. The van der Waals surface area contributed by atoms with E-state index in [1.54, 1.807) is 0 Å². The number of ketones is 3. The van der Waals surface area contributed by atoms with Gasteiger partial charge in [-0.2, -0.15) is 0 Å². The van der Waals surface area contributed by atoms with Gasteiger partial charge in [0, 0.05) is 90.2 Å². The normalized spacial score (nSPS) is 12.4. The van der Waals surface area contributed by atoms with E-state index in [1.165, 1.54) is 0 Å². The van der Waals surface area contributed by atoms with Gasteiger partial charge in [0.05, 0.1) is 64.9 Å². The molecule has 0 aliphatic rings. The van der Waals surface area contributed by atoms with Crippen LogP contribution < -0.4 is 84.8 Å². The molecule has 0 aliphatic heterocycles. The molecule has 33 heteroatoms. The molecule has 0 bridgehead atoms. The Labute approximate surface area is 504 Å². The Kier molecular flexibility index (Phi) is 43.8. The third kappa shape index (κ3) is 38.7. The van der Waals surface area contributed by atoms with Gasteiger partial charge < -0.3 is 113 Å². The molecule has 1 aromatic rings. The van der Waals surface area contributed by atoms with Crippen molar-refractivity contribution in [3.05, 3.63) is 11.4 Å². The fraction of sp³-hybridized carbons (Fsp3) is 0.736. The summed E-state index contributed by atoms with van der Waals surface area (Å²) in [7, 11) is 0. The van der Waals surface area contributed by atoms with Crippen molar-refractivity contribution < 1.29 is 57.2 Å². The number of anilines is 2. The zero-order chi connectivity index (χ0) is 63.7. The average molecular weight is 1220 g/mol. The monoisotopic (exact) mass is 1220 g/mol. The Balaban J connectivity index is 3.26. The maximum Gasteiger partial charge on any atom is 0.274 e. The van der Waals surface area contributed by atoms with Crippen LogP contribution in [0.4, 0.5) is 11.6 Å². The number of Topliss-reactive ketones (excluding diaryl/α,β-unsaturated/α-hetero) is 3. The molecule has 33 nitrogen and oxygen atoms in total. The highest BCUT2D eigenvalue weighted by Gasteiger charge is 2.32.